The van der Waals surface area contributed by atoms with Crippen molar-refractivity contribution < 1.29 is 9.66 Å². The van der Waals surface area contributed by atoms with Crippen LogP contribution in [0.5, 0.6) is 5.75 Å². The summed E-state index contributed by atoms with van der Waals surface area (Å²) >= 11 is 0. The Kier molecular flexibility index (Phi) is 5.22. The molecule has 0 atom stereocenters. The van der Waals surface area contributed by atoms with Crippen LogP contribution in [-0.2, 0) is 6.61 Å². The number of nitro benzene ring substituents is 1. The fourth-order valence-electron chi connectivity index (χ4n) is 2.94. The summed E-state index contributed by atoms with van der Waals surface area (Å²) < 4.78 is 5.73. The maximum atomic E-state index is 10.7. The molecule has 7 nitrogen and oxygen atoms in total. The van der Waals surface area contributed by atoms with Crippen molar-refractivity contribution in [3.05, 3.63) is 99.9 Å². The maximum absolute atomic E-state index is 10.7. The van der Waals surface area contributed by atoms with Gasteiger partial charge in [0.1, 0.15) is 24.3 Å². The van der Waals surface area contributed by atoms with E-state index in [2.05, 4.69) is 16.0 Å². The molecule has 1 N–H and O–H groups in total. The second kappa shape index (κ2) is 8.29. The van der Waals surface area contributed by atoms with Gasteiger partial charge in [-0.3, -0.25) is 10.1 Å². The van der Waals surface area contributed by atoms with E-state index >= 15 is 0 Å². The van der Waals surface area contributed by atoms with Crippen molar-refractivity contribution in [2.24, 2.45) is 0 Å². The number of non-ortho nitro benzene ring substituents is 1. The molecule has 0 saturated heterocycles. The molecular formula is C23H16N4O3. The van der Waals surface area contributed by atoms with E-state index in [-0.39, 0.29) is 5.69 Å². The van der Waals surface area contributed by atoms with Crippen LogP contribution in [0.4, 0.5) is 5.69 Å². The summed E-state index contributed by atoms with van der Waals surface area (Å²) in [5, 5.41) is 20.2. The fraction of sp³-hybridized carbons (Fsp3) is 0.0435. The minimum absolute atomic E-state index is 0.0487. The Hall–Kier alpha value is -4.44. The molecule has 0 unspecified atom stereocenters. The summed E-state index contributed by atoms with van der Waals surface area (Å²) in [4.78, 5) is 17.9. The zero-order chi connectivity index (χ0) is 20.9. The van der Waals surface area contributed by atoms with Crippen LogP contribution in [-0.4, -0.2) is 14.9 Å². The van der Waals surface area contributed by atoms with Gasteiger partial charge < -0.3 is 9.72 Å². The van der Waals surface area contributed by atoms with Gasteiger partial charge in [0.25, 0.3) is 5.69 Å². The Bertz CT molecular complexity index is 1230. The Balaban J connectivity index is 1.45. The normalized spacial score (nSPS) is 11.2. The van der Waals surface area contributed by atoms with Gasteiger partial charge in [-0.1, -0.05) is 24.3 Å². The first kappa shape index (κ1) is 18.9. The zero-order valence-electron chi connectivity index (χ0n) is 15.8. The third kappa shape index (κ3) is 4.18. The maximum Gasteiger partial charge on any atom is 0.269 e. The molecule has 146 valence electrons. The molecule has 0 aliphatic carbocycles. The number of hydrogen-bond donors (Lipinski definition) is 1. The van der Waals surface area contributed by atoms with Gasteiger partial charge in [0.15, 0.2) is 0 Å². The Labute approximate surface area is 172 Å². The number of nitriles is 1. The standard InChI is InChI=1S/C23H16N4O3/c24-14-18(23-25-21-3-1-2-4-22(21)26-23)13-16-7-11-20(12-8-16)30-15-17-5-9-19(10-6-17)27(28)29/h1-13H,15H2,(H,25,26). The van der Waals surface area contributed by atoms with Crippen LogP contribution in [0, 0.1) is 21.4 Å². The summed E-state index contributed by atoms with van der Waals surface area (Å²) in [6, 6.07) is 23.4. The van der Waals surface area contributed by atoms with Crippen LogP contribution in [0.1, 0.15) is 17.0 Å². The minimum Gasteiger partial charge on any atom is -0.489 e. The molecule has 7 heteroatoms. The number of nitrogens with zero attached hydrogens (tertiary/aromatic N) is 3. The highest BCUT2D eigenvalue weighted by Gasteiger charge is 2.08. The minimum atomic E-state index is -0.433. The summed E-state index contributed by atoms with van der Waals surface area (Å²) in [5.41, 5.74) is 3.85. The molecule has 4 rings (SSSR count). The molecule has 1 heterocycles. The first-order valence-corrected chi connectivity index (χ1v) is 9.15. The largest absolute Gasteiger partial charge is 0.489 e. The highest BCUT2D eigenvalue weighted by atomic mass is 16.6. The molecule has 1 aromatic heterocycles. The van der Waals surface area contributed by atoms with E-state index in [0.717, 1.165) is 22.2 Å². The number of allylic oxidation sites excluding steroid dienone is 1. The SMILES string of the molecule is N#CC(=Cc1ccc(OCc2ccc([N+](=O)[O-])cc2)cc1)c1nc2ccccc2[nH]1. The molecular weight excluding hydrogens is 380 g/mol. The highest BCUT2D eigenvalue weighted by Crippen LogP contribution is 2.21. The van der Waals surface area contributed by atoms with E-state index in [1.165, 1.54) is 12.1 Å². The van der Waals surface area contributed by atoms with Gasteiger partial charge >= 0.3 is 0 Å². The Morgan fingerprint density at radius 2 is 1.83 bits per heavy atom. The molecule has 3 aromatic carbocycles. The monoisotopic (exact) mass is 396 g/mol. The second-order valence-corrected chi connectivity index (χ2v) is 6.55. The molecule has 0 fully saturated rings. The predicted octanol–water partition coefficient (Wildman–Crippen LogP) is 5.11. The van der Waals surface area contributed by atoms with Crippen LogP contribution in [0.15, 0.2) is 72.8 Å². The third-order valence-electron chi connectivity index (χ3n) is 4.51. The number of hydrogen-bond acceptors (Lipinski definition) is 5. The summed E-state index contributed by atoms with van der Waals surface area (Å²) in [6.07, 6.45) is 1.76. The van der Waals surface area contributed by atoms with Crippen LogP contribution >= 0.6 is 0 Å². The van der Waals surface area contributed by atoms with Gasteiger partial charge in [-0.2, -0.15) is 5.26 Å². The highest BCUT2D eigenvalue weighted by molar-refractivity contribution is 5.90. The predicted molar refractivity (Wildman–Crippen MR) is 113 cm³/mol. The van der Waals surface area contributed by atoms with Crippen molar-refractivity contribution >= 4 is 28.4 Å². The lowest BCUT2D eigenvalue weighted by atomic mass is 10.1. The molecule has 0 aliphatic heterocycles. The molecule has 0 spiro atoms. The number of benzene rings is 3. The average Bonchev–Trinajstić information content (AvgIpc) is 3.21. The fourth-order valence-corrected chi connectivity index (χ4v) is 2.94. The number of rotatable bonds is 6. The van der Waals surface area contributed by atoms with Crippen molar-refractivity contribution in [2.45, 2.75) is 6.61 Å². The summed E-state index contributed by atoms with van der Waals surface area (Å²) in [7, 11) is 0. The van der Waals surface area contributed by atoms with Gasteiger partial charge in [-0.25, -0.2) is 4.98 Å². The quantitative estimate of drug-likeness (QED) is 0.277. The smallest absolute Gasteiger partial charge is 0.269 e. The first-order valence-electron chi connectivity index (χ1n) is 9.15. The van der Waals surface area contributed by atoms with Crippen LogP contribution < -0.4 is 4.74 Å². The van der Waals surface area contributed by atoms with E-state index in [1.807, 2.05) is 48.5 Å². The number of para-hydroxylation sites is 2. The number of imidazole rings is 1. The lowest BCUT2D eigenvalue weighted by Crippen LogP contribution is -1.96. The lowest BCUT2D eigenvalue weighted by Gasteiger charge is -2.06. The average molecular weight is 396 g/mol. The number of nitrogens with one attached hydrogen (secondary N) is 1. The van der Waals surface area contributed by atoms with Crippen LogP contribution in [0.25, 0.3) is 22.7 Å². The number of aromatic nitrogens is 2. The van der Waals surface area contributed by atoms with E-state index in [1.54, 1.807) is 18.2 Å². The van der Waals surface area contributed by atoms with Gasteiger partial charge in [0.05, 0.1) is 21.5 Å². The number of ether oxygens (including phenoxy) is 1. The van der Waals surface area contributed by atoms with Crippen molar-refractivity contribution in [1.29, 1.82) is 5.26 Å². The van der Waals surface area contributed by atoms with Gasteiger partial charge in [-0.05, 0) is 53.6 Å². The molecule has 4 aromatic rings. The van der Waals surface area contributed by atoms with Gasteiger partial charge in [0.2, 0.25) is 0 Å². The van der Waals surface area contributed by atoms with Gasteiger partial charge in [0, 0.05) is 12.1 Å². The number of nitro groups is 1. The summed E-state index contributed by atoms with van der Waals surface area (Å²) in [6.45, 7) is 0.301. The Morgan fingerprint density at radius 3 is 2.50 bits per heavy atom. The second-order valence-electron chi connectivity index (χ2n) is 6.55. The van der Waals surface area contributed by atoms with E-state index < -0.39 is 4.92 Å². The van der Waals surface area contributed by atoms with Crippen molar-refractivity contribution in [1.82, 2.24) is 9.97 Å². The lowest BCUT2D eigenvalue weighted by molar-refractivity contribution is -0.384. The molecule has 30 heavy (non-hydrogen) atoms. The van der Waals surface area contributed by atoms with E-state index in [0.29, 0.717) is 23.8 Å². The first-order chi connectivity index (χ1) is 14.6. The molecule has 0 aliphatic rings. The molecule has 0 radical (unpaired) electrons. The van der Waals surface area contributed by atoms with Crippen LogP contribution in [0.3, 0.4) is 0 Å². The third-order valence-corrected chi connectivity index (χ3v) is 4.51. The van der Waals surface area contributed by atoms with Gasteiger partial charge in [-0.15, -0.1) is 0 Å². The van der Waals surface area contributed by atoms with Crippen LogP contribution in [0.2, 0.25) is 0 Å². The molecule has 0 amide bonds. The number of aromatic amines is 1. The van der Waals surface area contributed by atoms with Crippen molar-refractivity contribution in [3.8, 4) is 11.8 Å². The van der Waals surface area contributed by atoms with E-state index in [4.69, 9.17) is 4.74 Å². The van der Waals surface area contributed by atoms with E-state index in [9.17, 15) is 15.4 Å². The summed E-state index contributed by atoms with van der Waals surface area (Å²) in [5.74, 6) is 1.19. The molecule has 0 saturated carbocycles. The molecule has 0 bridgehead atoms. The Morgan fingerprint density at radius 1 is 1.10 bits per heavy atom. The number of H-pyrrole nitrogens is 1. The van der Waals surface area contributed by atoms with Crippen molar-refractivity contribution in [2.75, 3.05) is 0 Å². The number of fused-ring (bicyclic) bond motifs is 1. The zero-order valence-corrected chi connectivity index (χ0v) is 15.8. The van der Waals surface area contributed by atoms with Crippen molar-refractivity contribution in [3.63, 3.8) is 0 Å². The topological polar surface area (TPSA) is 105 Å².